The summed E-state index contributed by atoms with van der Waals surface area (Å²) in [6, 6.07) is 0. The lowest BCUT2D eigenvalue weighted by Crippen LogP contribution is -2.35. The van der Waals surface area contributed by atoms with E-state index >= 15 is 0 Å². The minimum absolute atomic E-state index is 0.0143. The number of phosphoric ester groups is 1. The Labute approximate surface area is 167 Å². The van der Waals surface area contributed by atoms with E-state index in [2.05, 4.69) is 27.6 Å². The van der Waals surface area contributed by atoms with Crippen LogP contribution in [0.1, 0.15) is 6.23 Å². The van der Waals surface area contributed by atoms with Gasteiger partial charge in [0.15, 0.2) is 17.7 Å². The zero-order chi connectivity index (χ0) is 22.3. The van der Waals surface area contributed by atoms with Gasteiger partial charge in [-0.1, -0.05) is 0 Å². The Bertz CT molecular complexity index is 1150. The molecule has 2 aromatic heterocycles. The molecule has 1 fully saturated rings. The van der Waals surface area contributed by atoms with Crippen LogP contribution < -0.4 is 5.73 Å². The summed E-state index contributed by atoms with van der Waals surface area (Å²) in [6.07, 6.45) is -4.40. The van der Waals surface area contributed by atoms with Crippen LogP contribution in [0.3, 0.4) is 0 Å². The molecule has 17 nitrogen and oxygen atoms in total. The van der Waals surface area contributed by atoms with Gasteiger partial charge >= 0.3 is 26.1 Å². The average Bonchev–Trinajstić information content (AvgIpc) is 3.14. The average molecular weight is 489 g/mol. The molecule has 0 saturated carbocycles. The predicted molar refractivity (Wildman–Crippen MR) is 90.8 cm³/mol. The summed E-state index contributed by atoms with van der Waals surface area (Å²) in [5.74, 6) is -0.0143. The van der Waals surface area contributed by atoms with Gasteiger partial charge < -0.3 is 25.4 Å². The Morgan fingerprint density at radius 1 is 1.30 bits per heavy atom. The molecule has 4 atom stereocenters. The molecule has 0 spiro atoms. The number of hydrogen-bond acceptors (Lipinski definition) is 14. The van der Waals surface area contributed by atoms with Crippen LogP contribution in [0.15, 0.2) is 12.7 Å². The fraction of sp³-hybridized carbons (Fsp3) is 0.500. The topological polar surface area (TPSA) is 253 Å². The van der Waals surface area contributed by atoms with Crippen molar-refractivity contribution in [3.63, 3.8) is 0 Å². The smallest absolute Gasteiger partial charge is 0.387 e. The molecule has 0 amide bonds. The molecular weight excluding hydrogens is 476 g/mol. The van der Waals surface area contributed by atoms with Crippen molar-refractivity contribution < 1.29 is 54.4 Å². The van der Waals surface area contributed by atoms with Gasteiger partial charge in [0.25, 0.3) is 0 Å². The van der Waals surface area contributed by atoms with Crippen LogP contribution in [0.4, 0.5) is 5.82 Å². The van der Waals surface area contributed by atoms with Gasteiger partial charge in [-0.05, 0) is 0 Å². The highest BCUT2D eigenvalue weighted by atomic mass is 32.3. The number of aliphatic hydroxyl groups is 1. The number of imidazole rings is 1. The maximum absolute atomic E-state index is 11.4. The van der Waals surface area contributed by atoms with Gasteiger partial charge in [-0.15, -0.1) is 3.97 Å². The van der Waals surface area contributed by atoms with Crippen molar-refractivity contribution in [1.82, 2.24) is 19.5 Å². The zero-order valence-corrected chi connectivity index (χ0v) is 17.0. The van der Waals surface area contributed by atoms with E-state index < -0.39 is 57.3 Å². The Hall–Kier alpha value is -1.85. The molecule has 1 aliphatic heterocycles. The van der Waals surface area contributed by atoms with Gasteiger partial charge in [-0.25, -0.2) is 32.8 Å². The van der Waals surface area contributed by atoms with Crippen LogP contribution in [0, 0.1) is 0 Å². The van der Waals surface area contributed by atoms with E-state index in [4.69, 9.17) is 20.3 Å². The summed E-state index contributed by atoms with van der Waals surface area (Å²) in [4.78, 5) is 29.9. The summed E-state index contributed by atoms with van der Waals surface area (Å²) < 4.78 is 73.9. The molecule has 5 N–H and O–H groups in total. The van der Waals surface area contributed by atoms with Crippen LogP contribution in [-0.4, -0.2) is 67.7 Å². The largest absolute Gasteiger partial charge is 0.485 e. The number of nitrogens with zero attached hydrogens (tertiary/aromatic N) is 4. The standard InChI is InChI=1S/C10H13N5O12P2S/c11-8-5-9(13-2-12-8)15(3-14-5)10-7(26-29(19,20)21)6(16)4(25-10)1-24-30(22,23)27-28(17)18/h2-4,6-7,10,16H,1H2,(H2,11,12,13)(H2,19,20,21)/t4-,6-,7-,10-/m1/s1. The minimum atomic E-state index is -5.15. The molecular formula is C10H13N5O12P2S. The lowest BCUT2D eigenvalue weighted by atomic mass is 10.1. The third-order valence-electron chi connectivity index (χ3n) is 3.76. The third kappa shape index (κ3) is 5.06. The SMILES string of the molecule is Nc1ncnc2c1ncn2[C@@H]1O[C@H](COS(=O)(=O)OP(=O)=O)[C@@H](O)[C@H]1OP(=O)(O)O. The van der Waals surface area contributed by atoms with E-state index in [1.807, 2.05) is 0 Å². The molecule has 3 heterocycles. The summed E-state index contributed by atoms with van der Waals surface area (Å²) >= 11 is 0. The normalized spacial score (nSPS) is 25.0. The molecule has 20 heteroatoms. The number of phosphoric acid groups is 1. The van der Waals surface area contributed by atoms with E-state index in [-0.39, 0.29) is 17.0 Å². The van der Waals surface area contributed by atoms with Crippen molar-refractivity contribution in [3.05, 3.63) is 12.7 Å². The lowest BCUT2D eigenvalue weighted by molar-refractivity contribution is -0.0470. The van der Waals surface area contributed by atoms with Crippen molar-refractivity contribution in [3.8, 4) is 0 Å². The van der Waals surface area contributed by atoms with Gasteiger partial charge in [0.2, 0.25) is 0 Å². The summed E-state index contributed by atoms with van der Waals surface area (Å²) in [6.45, 7) is -0.978. The number of aliphatic hydroxyl groups excluding tert-OH is 1. The second-order valence-electron chi connectivity index (χ2n) is 5.69. The molecule has 0 aromatic carbocycles. The van der Waals surface area contributed by atoms with E-state index in [0.717, 1.165) is 17.2 Å². The number of rotatable bonds is 8. The van der Waals surface area contributed by atoms with Crippen LogP contribution in [0.2, 0.25) is 0 Å². The highest BCUT2D eigenvalue weighted by Crippen LogP contribution is 2.45. The lowest BCUT2D eigenvalue weighted by Gasteiger charge is -2.22. The molecule has 166 valence electrons. The van der Waals surface area contributed by atoms with Crippen molar-refractivity contribution in [2.75, 3.05) is 12.3 Å². The molecule has 3 rings (SSSR count). The first-order valence-corrected chi connectivity index (χ1v) is 11.6. The van der Waals surface area contributed by atoms with Crippen LogP contribution >= 0.6 is 15.7 Å². The van der Waals surface area contributed by atoms with E-state index in [0.29, 0.717) is 0 Å². The second-order valence-corrected chi connectivity index (χ2v) is 8.98. The Balaban J connectivity index is 1.90. The zero-order valence-electron chi connectivity index (χ0n) is 14.4. The Kier molecular flexibility index (Phi) is 6.35. The minimum Gasteiger partial charge on any atom is -0.387 e. The highest BCUT2D eigenvalue weighted by Gasteiger charge is 2.49. The van der Waals surface area contributed by atoms with Gasteiger partial charge in [0.1, 0.15) is 30.2 Å². The van der Waals surface area contributed by atoms with Crippen molar-refractivity contribution in [1.29, 1.82) is 0 Å². The predicted octanol–water partition coefficient (Wildman–Crippen LogP) is -1.49. The molecule has 2 aromatic rings. The van der Waals surface area contributed by atoms with Gasteiger partial charge in [-0.3, -0.25) is 9.09 Å². The number of nitrogens with two attached hydrogens (primary N) is 1. The number of anilines is 1. The molecule has 30 heavy (non-hydrogen) atoms. The van der Waals surface area contributed by atoms with Gasteiger partial charge in [0, 0.05) is 0 Å². The van der Waals surface area contributed by atoms with Gasteiger partial charge in [-0.2, -0.15) is 8.42 Å². The van der Waals surface area contributed by atoms with Crippen molar-refractivity contribution >= 4 is 43.1 Å². The third-order valence-corrected chi connectivity index (χ3v) is 5.92. The van der Waals surface area contributed by atoms with Gasteiger partial charge in [0.05, 0.1) is 12.9 Å². The molecule has 0 radical (unpaired) electrons. The first kappa shape index (κ1) is 22.8. The van der Waals surface area contributed by atoms with E-state index in [9.17, 15) is 27.2 Å². The van der Waals surface area contributed by atoms with Crippen molar-refractivity contribution in [2.24, 2.45) is 0 Å². The first-order chi connectivity index (χ1) is 13.9. The number of fused-ring (bicyclic) bond motifs is 1. The number of ether oxygens (including phenoxy) is 1. The Morgan fingerprint density at radius 3 is 2.63 bits per heavy atom. The fourth-order valence-electron chi connectivity index (χ4n) is 2.65. The summed E-state index contributed by atoms with van der Waals surface area (Å²) in [7, 11) is -13.9. The monoisotopic (exact) mass is 489 g/mol. The molecule has 0 unspecified atom stereocenters. The first-order valence-electron chi connectivity index (χ1n) is 7.62. The van der Waals surface area contributed by atoms with Crippen LogP contribution in [-0.2, 0) is 41.5 Å². The molecule has 0 aliphatic carbocycles. The number of hydrogen-bond donors (Lipinski definition) is 4. The highest BCUT2D eigenvalue weighted by molar-refractivity contribution is 7.84. The maximum atomic E-state index is 11.4. The number of nitrogen functional groups attached to an aromatic ring is 1. The summed E-state index contributed by atoms with van der Waals surface area (Å²) in [5.41, 5.74) is 5.84. The fourth-order valence-corrected chi connectivity index (χ4v) is 4.27. The summed E-state index contributed by atoms with van der Waals surface area (Å²) in [5, 5.41) is 10.4. The molecule has 1 aliphatic rings. The van der Waals surface area contributed by atoms with Crippen molar-refractivity contribution in [2.45, 2.75) is 24.5 Å². The maximum Gasteiger partial charge on any atom is 0.485 e. The number of aromatic nitrogens is 4. The van der Waals surface area contributed by atoms with Crippen LogP contribution in [0.5, 0.6) is 0 Å². The Morgan fingerprint density at radius 2 is 2.00 bits per heavy atom. The van der Waals surface area contributed by atoms with Crippen LogP contribution in [0.25, 0.3) is 11.2 Å². The quantitative estimate of drug-likeness (QED) is 0.308. The van der Waals surface area contributed by atoms with E-state index in [1.165, 1.54) is 0 Å². The van der Waals surface area contributed by atoms with E-state index in [1.54, 1.807) is 0 Å². The molecule has 1 saturated heterocycles. The second kappa shape index (κ2) is 8.35. The molecule has 0 bridgehead atoms.